The van der Waals surface area contributed by atoms with Crippen LogP contribution in [0.5, 0.6) is 0 Å². The van der Waals surface area contributed by atoms with Crippen LogP contribution in [-0.2, 0) is 11.3 Å². The highest BCUT2D eigenvalue weighted by Gasteiger charge is 2.37. The first-order valence-electron chi connectivity index (χ1n) is 6.73. The van der Waals surface area contributed by atoms with E-state index in [1.54, 1.807) is 12.1 Å². The van der Waals surface area contributed by atoms with E-state index in [1.807, 2.05) is 13.8 Å². The van der Waals surface area contributed by atoms with Gasteiger partial charge in [0.1, 0.15) is 6.04 Å². The van der Waals surface area contributed by atoms with Crippen LogP contribution in [0, 0.1) is 16.0 Å². The lowest BCUT2D eigenvalue weighted by atomic mass is 10.0. The second-order valence-electron chi connectivity index (χ2n) is 5.48. The summed E-state index contributed by atoms with van der Waals surface area (Å²) in [4.78, 5) is 35.2. The van der Waals surface area contributed by atoms with Crippen LogP contribution in [-0.4, -0.2) is 27.8 Å². The zero-order chi connectivity index (χ0) is 15.6. The van der Waals surface area contributed by atoms with E-state index in [0.717, 1.165) is 4.90 Å². The van der Waals surface area contributed by atoms with Crippen LogP contribution in [0.1, 0.15) is 25.8 Å². The van der Waals surface area contributed by atoms with Crippen LogP contribution >= 0.6 is 0 Å². The molecule has 0 radical (unpaired) electrons. The minimum Gasteiger partial charge on any atom is -0.326 e. The van der Waals surface area contributed by atoms with Crippen molar-refractivity contribution in [3.05, 3.63) is 39.9 Å². The predicted molar refractivity (Wildman–Crippen MR) is 75.4 cm³/mol. The summed E-state index contributed by atoms with van der Waals surface area (Å²) in [6.07, 6.45) is 0.599. The highest BCUT2D eigenvalue weighted by atomic mass is 16.6. The Kier molecular flexibility index (Phi) is 4.21. The summed E-state index contributed by atoms with van der Waals surface area (Å²) in [7, 11) is 0. The zero-order valence-electron chi connectivity index (χ0n) is 11.9. The molecule has 7 nitrogen and oxygen atoms in total. The number of hydrogen-bond acceptors (Lipinski definition) is 4. The average Bonchev–Trinajstić information content (AvgIpc) is 2.66. The van der Waals surface area contributed by atoms with Gasteiger partial charge in [0.05, 0.1) is 11.5 Å². The Bertz CT molecular complexity index is 568. The maximum Gasteiger partial charge on any atom is 0.325 e. The summed E-state index contributed by atoms with van der Waals surface area (Å²) < 4.78 is 0. The van der Waals surface area contributed by atoms with E-state index >= 15 is 0 Å². The number of non-ortho nitro benzene ring substituents is 1. The number of nitrogens with zero attached hydrogens (tertiary/aromatic N) is 2. The number of benzene rings is 1. The van der Waals surface area contributed by atoms with Crippen molar-refractivity contribution in [3.8, 4) is 0 Å². The van der Waals surface area contributed by atoms with Crippen molar-refractivity contribution in [1.82, 2.24) is 10.2 Å². The Morgan fingerprint density at radius 2 is 1.90 bits per heavy atom. The van der Waals surface area contributed by atoms with Gasteiger partial charge in [0.25, 0.3) is 11.6 Å². The van der Waals surface area contributed by atoms with E-state index in [2.05, 4.69) is 5.32 Å². The van der Waals surface area contributed by atoms with Crippen LogP contribution in [0.25, 0.3) is 0 Å². The second-order valence-corrected chi connectivity index (χ2v) is 5.48. The molecule has 7 heteroatoms. The van der Waals surface area contributed by atoms with Gasteiger partial charge in [-0.05, 0) is 17.9 Å². The van der Waals surface area contributed by atoms with Crippen LogP contribution in [0.2, 0.25) is 0 Å². The topological polar surface area (TPSA) is 92.6 Å². The van der Waals surface area contributed by atoms with Gasteiger partial charge in [-0.15, -0.1) is 0 Å². The first-order chi connectivity index (χ1) is 9.88. The molecule has 1 aromatic carbocycles. The van der Waals surface area contributed by atoms with Gasteiger partial charge < -0.3 is 5.32 Å². The molecule has 1 fully saturated rings. The Morgan fingerprint density at radius 1 is 1.29 bits per heavy atom. The Balaban J connectivity index is 2.07. The quantitative estimate of drug-likeness (QED) is 0.510. The molecule has 0 bridgehead atoms. The maximum atomic E-state index is 12.2. The fourth-order valence-electron chi connectivity index (χ4n) is 2.26. The predicted octanol–water partition coefficient (Wildman–Crippen LogP) is 2.06. The number of nitro groups is 1. The third kappa shape index (κ3) is 3.36. The summed E-state index contributed by atoms with van der Waals surface area (Å²) in [5.41, 5.74) is 0.655. The molecule has 1 aliphatic heterocycles. The number of amides is 3. The summed E-state index contributed by atoms with van der Waals surface area (Å²) in [5.74, 6) is 0.0608. The van der Waals surface area contributed by atoms with Gasteiger partial charge in [-0.25, -0.2) is 4.79 Å². The van der Waals surface area contributed by atoms with Crippen molar-refractivity contribution in [2.24, 2.45) is 5.92 Å². The first kappa shape index (κ1) is 15.0. The number of imide groups is 1. The molecule has 1 aliphatic rings. The van der Waals surface area contributed by atoms with Crippen molar-refractivity contribution in [2.45, 2.75) is 32.9 Å². The molecule has 1 heterocycles. The van der Waals surface area contributed by atoms with Crippen LogP contribution in [0.3, 0.4) is 0 Å². The van der Waals surface area contributed by atoms with Gasteiger partial charge in [0, 0.05) is 12.1 Å². The van der Waals surface area contributed by atoms with Crippen LogP contribution in [0.15, 0.2) is 24.3 Å². The Morgan fingerprint density at radius 3 is 2.43 bits per heavy atom. The summed E-state index contributed by atoms with van der Waals surface area (Å²) >= 11 is 0. The lowest BCUT2D eigenvalue weighted by molar-refractivity contribution is -0.384. The van der Waals surface area contributed by atoms with Crippen molar-refractivity contribution >= 4 is 17.6 Å². The molecule has 0 spiro atoms. The molecule has 1 saturated heterocycles. The van der Waals surface area contributed by atoms with Crippen LogP contribution < -0.4 is 5.32 Å². The molecular formula is C14H17N3O4. The molecule has 0 saturated carbocycles. The Hall–Kier alpha value is -2.44. The van der Waals surface area contributed by atoms with E-state index in [-0.39, 0.29) is 18.1 Å². The zero-order valence-corrected chi connectivity index (χ0v) is 11.9. The molecular weight excluding hydrogens is 274 g/mol. The number of nitrogens with one attached hydrogen (secondary N) is 1. The van der Waals surface area contributed by atoms with Gasteiger partial charge in [-0.1, -0.05) is 26.0 Å². The first-order valence-corrected chi connectivity index (χ1v) is 6.73. The minimum atomic E-state index is -0.490. The van der Waals surface area contributed by atoms with E-state index < -0.39 is 17.0 Å². The summed E-state index contributed by atoms with van der Waals surface area (Å²) in [6, 6.07) is 4.93. The van der Waals surface area contributed by atoms with E-state index in [4.69, 9.17) is 0 Å². The fraction of sp³-hybridized carbons (Fsp3) is 0.429. The SMILES string of the molecule is CC(C)CC1NC(=O)N(Cc2ccc([N+](=O)[O-])cc2)C1=O. The lowest BCUT2D eigenvalue weighted by Crippen LogP contribution is -2.31. The summed E-state index contributed by atoms with van der Waals surface area (Å²) in [5, 5.41) is 13.2. The molecule has 0 aliphatic carbocycles. The minimum absolute atomic E-state index is 0.0198. The molecule has 1 unspecified atom stereocenters. The van der Waals surface area contributed by atoms with Gasteiger partial charge >= 0.3 is 6.03 Å². The van der Waals surface area contributed by atoms with Gasteiger partial charge in [-0.3, -0.25) is 19.8 Å². The molecule has 3 amide bonds. The normalized spacial score (nSPS) is 18.2. The van der Waals surface area contributed by atoms with E-state index in [9.17, 15) is 19.7 Å². The third-order valence-corrected chi connectivity index (χ3v) is 3.30. The highest BCUT2D eigenvalue weighted by molar-refractivity contribution is 6.04. The number of urea groups is 1. The van der Waals surface area contributed by atoms with Gasteiger partial charge in [0.15, 0.2) is 0 Å². The smallest absolute Gasteiger partial charge is 0.325 e. The van der Waals surface area contributed by atoms with E-state index in [1.165, 1.54) is 12.1 Å². The molecule has 2 rings (SSSR count). The van der Waals surface area contributed by atoms with Crippen molar-refractivity contribution in [1.29, 1.82) is 0 Å². The molecule has 21 heavy (non-hydrogen) atoms. The van der Waals surface area contributed by atoms with Crippen LogP contribution in [0.4, 0.5) is 10.5 Å². The molecule has 1 N–H and O–H groups in total. The number of rotatable bonds is 5. The van der Waals surface area contributed by atoms with Gasteiger partial charge in [-0.2, -0.15) is 0 Å². The molecule has 1 aromatic rings. The number of carbonyl (C=O) groups is 2. The number of nitro benzene ring substituents is 1. The van der Waals surface area contributed by atoms with Crippen molar-refractivity contribution in [2.75, 3.05) is 0 Å². The largest absolute Gasteiger partial charge is 0.326 e. The highest BCUT2D eigenvalue weighted by Crippen LogP contribution is 2.18. The fourth-order valence-corrected chi connectivity index (χ4v) is 2.26. The number of carbonyl (C=O) groups excluding carboxylic acids is 2. The lowest BCUT2D eigenvalue weighted by Gasteiger charge is -2.13. The van der Waals surface area contributed by atoms with Crippen molar-refractivity contribution < 1.29 is 14.5 Å². The number of hydrogen-bond donors (Lipinski definition) is 1. The monoisotopic (exact) mass is 291 g/mol. The summed E-state index contributed by atoms with van der Waals surface area (Å²) in [6.45, 7) is 4.09. The Labute approximate surface area is 122 Å². The molecule has 112 valence electrons. The maximum absolute atomic E-state index is 12.2. The van der Waals surface area contributed by atoms with Crippen molar-refractivity contribution in [3.63, 3.8) is 0 Å². The standard InChI is InChI=1S/C14H17N3O4/c1-9(2)7-12-13(18)16(14(19)15-12)8-10-3-5-11(6-4-10)17(20)21/h3-6,9,12H,7-8H2,1-2H3,(H,15,19). The molecule has 0 aromatic heterocycles. The van der Waals surface area contributed by atoms with E-state index in [0.29, 0.717) is 17.9 Å². The molecule has 1 atom stereocenters. The second kappa shape index (κ2) is 5.90. The average molecular weight is 291 g/mol. The van der Waals surface area contributed by atoms with Gasteiger partial charge in [0.2, 0.25) is 0 Å². The third-order valence-electron chi connectivity index (χ3n) is 3.30.